The summed E-state index contributed by atoms with van der Waals surface area (Å²) in [5, 5.41) is 42.7. The van der Waals surface area contributed by atoms with Gasteiger partial charge in [-0.1, -0.05) is 32.1 Å². The Labute approximate surface area is 241 Å². The molecule has 0 radical (unpaired) electrons. The monoisotopic (exact) mass is 585 g/mol. The van der Waals surface area contributed by atoms with E-state index in [2.05, 4.69) is 0 Å². The van der Waals surface area contributed by atoms with Gasteiger partial charge in [-0.3, -0.25) is 14.4 Å². The van der Waals surface area contributed by atoms with Gasteiger partial charge in [-0.05, 0) is 46.4 Å². The van der Waals surface area contributed by atoms with Gasteiger partial charge >= 0.3 is 11.9 Å². The number of nitrogens with zero attached hydrogens (tertiary/aromatic N) is 1. The van der Waals surface area contributed by atoms with Gasteiger partial charge in [-0.15, -0.1) is 0 Å². The van der Waals surface area contributed by atoms with Crippen molar-refractivity contribution < 1.29 is 53.8 Å². The number of carbonyl (C=O) groups excluding carboxylic acids is 2. The first-order valence-electron chi connectivity index (χ1n) is 14.0. The summed E-state index contributed by atoms with van der Waals surface area (Å²) >= 11 is 0. The van der Waals surface area contributed by atoms with E-state index in [4.69, 9.17) is 18.9 Å². The van der Waals surface area contributed by atoms with Crippen LogP contribution in [0.1, 0.15) is 47.0 Å². The standard InChI is InChI=1S/C29H47NO11/c1-15-10-8-9-11-20(31)16(2)12-19(13-22(33)34)27(28(38-7)21(32)14-23(35)39-17(15)3)41-29-26(37)24(30(5)6)25(36)18(4)40-29/h8-11,15-19,21,24-29,32,36-37H,12-14H2,1-7H3,(H,33,34)/b10-8+,11-9+/t15-,16+,17+,18?,19+,21+,24?,25?,26?,27-,28-,29-/m0/s1. The molecule has 2 aliphatic rings. The molecule has 1 fully saturated rings. The fraction of sp³-hybridized carbons (Fsp3) is 0.759. The van der Waals surface area contributed by atoms with Crippen molar-refractivity contribution in [3.05, 3.63) is 24.3 Å². The third kappa shape index (κ3) is 9.67. The molecule has 0 spiro atoms. The highest BCUT2D eigenvalue weighted by Crippen LogP contribution is 2.33. The lowest BCUT2D eigenvalue weighted by molar-refractivity contribution is -0.309. The molecular weight excluding hydrogens is 538 g/mol. The van der Waals surface area contributed by atoms with E-state index in [1.54, 1.807) is 58.0 Å². The molecule has 2 heterocycles. The summed E-state index contributed by atoms with van der Waals surface area (Å²) in [6, 6.07) is -0.782. The van der Waals surface area contributed by atoms with Gasteiger partial charge in [0.05, 0.1) is 43.3 Å². The van der Waals surface area contributed by atoms with Crippen molar-refractivity contribution in [3.63, 3.8) is 0 Å². The lowest BCUT2D eigenvalue weighted by atomic mass is 9.82. The summed E-state index contributed by atoms with van der Waals surface area (Å²) in [6.45, 7) is 6.83. The van der Waals surface area contributed by atoms with E-state index in [0.717, 1.165) is 0 Å². The fourth-order valence-electron chi connectivity index (χ4n) is 5.35. The van der Waals surface area contributed by atoms with E-state index in [0.29, 0.717) is 0 Å². The summed E-state index contributed by atoms with van der Waals surface area (Å²) in [5.41, 5.74) is 0. The maximum Gasteiger partial charge on any atom is 0.308 e. The highest BCUT2D eigenvalue weighted by Gasteiger charge is 2.48. The number of carboxylic acids is 1. The number of ketones is 1. The summed E-state index contributed by atoms with van der Waals surface area (Å²) in [6.07, 6.45) is -3.50. The normalized spacial score (nSPS) is 41.5. The lowest BCUT2D eigenvalue weighted by Gasteiger charge is -2.46. The molecule has 0 aromatic heterocycles. The molecule has 41 heavy (non-hydrogen) atoms. The number of methoxy groups -OCH3 is 1. The van der Waals surface area contributed by atoms with E-state index in [-0.39, 0.29) is 18.1 Å². The first-order valence-corrected chi connectivity index (χ1v) is 14.0. The van der Waals surface area contributed by atoms with Gasteiger partial charge in [0, 0.05) is 18.9 Å². The van der Waals surface area contributed by atoms with Crippen LogP contribution in [0.25, 0.3) is 0 Å². The lowest BCUT2D eigenvalue weighted by Crippen LogP contribution is -2.63. The number of rotatable bonds is 6. The molecule has 4 N–H and O–H groups in total. The number of ether oxygens (including phenoxy) is 4. The van der Waals surface area contributed by atoms with Gasteiger partial charge in [-0.2, -0.15) is 0 Å². The summed E-state index contributed by atoms with van der Waals surface area (Å²) in [5.74, 6) is -3.83. The zero-order valence-corrected chi connectivity index (χ0v) is 25.0. The van der Waals surface area contributed by atoms with E-state index < -0.39 is 91.7 Å². The van der Waals surface area contributed by atoms with Gasteiger partial charge < -0.3 is 44.3 Å². The minimum Gasteiger partial charge on any atom is -0.481 e. The molecule has 234 valence electrons. The third-order valence-corrected chi connectivity index (χ3v) is 7.93. The van der Waals surface area contributed by atoms with Crippen LogP contribution in [0.2, 0.25) is 0 Å². The molecule has 12 atom stereocenters. The number of hydrogen-bond donors (Lipinski definition) is 4. The molecule has 0 saturated carbocycles. The first-order chi connectivity index (χ1) is 19.2. The number of aliphatic hydroxyl groups excluding tert-OH is 3. The second-order valence-electron chi connectivity index (χ2n) is 11.4. The number of carbonyl (C=O) groups is 3. The van der Waals surface area contributed by atoms with Crippen molar-refractivity contribution in [1.82, 2.24) is 4.90 Å². The number of aliphatic hydroxyl groups is 3. The highest BCUT2D eigenvalue weighted by molar-refractivity contribution is 5.91. The van der Waals surface area contributed by atoms with Crippen LogP contribution in [0.4, 0.5) is 0 Å². The molecule has 1 saturated heterocycles. The van der Waals surface area contributed by atoms with Crippen LogP contribution in [-0.2, 0) is 33.3 Å². The van der Waals surface area contributed by atoms with Crippen LogP contribution in [0.5, 0.6) is 0 Å². The number of cyclic esters (lactones) is 1. The molecule has 2 aliphatic heterocycles. The van der Waals surface area contributed by atoms with Gasteiger partial charge in [0.2, 0.25) is 0 Å². The zero-order valence-electron chi connectivity index (χ0n) is 25.0. The predicted octanol–water partition coefficient (Wildman–Crippen LogP) is 0.914. The Morgan fingerprint density at radius 3 is 2.27 bits per heavy atom. The van der Waals surface area contributed by atoms with Gasteiger partial charge in [-0.25, -0.2) is 0 Å². The molecule has 0 amide bonds. The second kappa shape index (κ2) is 15.9. The minimum absolute atomic E-state index is 0.0341. The molecule has 0 aromatic rings. The fourth-order valence-corrected chi connectivity index (χ4v) is 5.35. The molecule has 4 unspecified atom stereocenters. The Bertz CT molecular complexity index is 938. The van der Waals surface area contributed by atoms with Crippen LogP contribution < -0.4 is 0 Å². The van der Waals surface area contributed by atoms with Gasteiger partial charge in [0.15, 0.2) is 12.1 Å². The van der Waals surface area contributed by atoms with Crippen LogP contribution in [0.15, 0.2) is 24.3 Å². The van der Waals surface area contributed by atoms with Crippen LogP contribution in [0, 0.1) is 17.8 Å². The van der Waals surface area contributed by atoms with Crippen LogP contribution in [-0.4, -0.2) is 119 Å². The molecule has 12 heteroatoms. The zero-order chi connectivity index (χ0) is 31.0. The Kier molecular flexibility index (Phi) is 13.6. The molecular formula is C29H47NO11. The average molecular weight is 586 g/mol. The van der Waals surface area contributed by atoms with E-state index in [9.17, 15) is 34.8 Å². The Morgan fingerprint density at radius 2 is 1.68 bits per heavy atom. The van der Waals surface area contributed by atoms with Crippen molar-refractivity contribution >= 4 is 17.7 Å². The van der Waals surface area contributed by atoms with E-state index in [1.807, 2.05) is 6.92 Å². The SMILES string of the molecule is CO[C@@H]1[C@@H](O[C@@H]2OC(C)C(O)C(N(C)C)C2O)[C@@H](CC(=O)O)C[C@@H](C)C(=O)/C=C/C=C/[C@H](C)[C@@H](C)OC(=O)C[C@H]1O. The molecule has 2 rings (SSSR count). The largest absolute Gasteiger partial charge is 0.481 e. The number of carboxylic acid groups (broad SMARTS) is 1. The van der Waals surface area contributed by atoms with Crippen molar-refractivity contribution in [1.29, 1.82) is 0 Å². The number of likely N-dealkylation sites (N-methyl/N-ethyl adjacent to an activating group) is 1. The van der Waals surface area contributed by atoms with E-state index in [1.165, 1.54) is 13.2 Å². The highest BCUT2D eigenvalue weighted by atomic mass is 16.7. The third-order valence-electron chi connectivity index (χ3n) is 7.93. The molecule has 12 nitrogen and oxygen atoms in total. The van der Waals surface area contributed by atoms with Crippen LogP contribution >= 0.6 is 0 Å². The number of esters is 1. The summed E-state index contributed by atoms with van der Waals surface area (Å²) in [7, 11) is 4.64. The maximum absolute atomic E-state index is 12.9. The van der Waals surface area contributed by atoms with Crippen LogP contribution in [0.3, 0.4) is 0 Å². The smallest absolute Gasteiger partial charge is 0.308 e. The second-order valence-corrected chi connectivity index (χ2v) is 11.4. The number of allylic oxidation sites excluding steroid dienone is 3. The van der Waals surface area contributed by atoms with E-state index >= 15 is 0 Å². The molecule has 0 aliphatic carbocycles. The Hall–Kier alpha value is -2.19. The van der Waals surface area contributed by atoms with Crippen molar-refractivity contribution in [3.8, 4) is 0 Å². The summed E-state index contributed by atoms with van der Waals surface area (Å²) in [4.78, 5) is 39.3. The Balaban J connectivity index is 2.55. The van der Waals surface area contributed by atoms with Gasteiger partial charge in [0.25, 0.3) is 0 Å². The number of hydrogen-bond acceptors (Lipinski definition) is 11. The maximum atomic E-state index is 12.9. The summed E-state index contributed by atoms with van der Waals surface area (Å²) < 4.78 is 23.1. The minimum atomic E-state index is -1.49. The van der Waals surface area contributed by atoms with Crippen molar-refractivity contribution in [2.24, 2.45) is 17.8 Å². The van der Waals surface area contributed by atoms with Gasteiger partial charge in [0.1, 0.15) is 18.3 Å². The first kappa shape index (κ1) is 35.0. The topological polar surface area (TPSA) is 172 Å². The Morgan fingerprint density at radius 1 is 1.02 bits per heavy atom. The van der Waals surface area contributed by atoms with Crippen molar-refractivity contribution in [2.45, 2.75) is 102 Å². The molecule has 0 bridgehead atoms. The number of aliphatic carboxylic acids is 1. The van der Waals surface area contributed by atoms with Crippen molar-refractivity contribution in [2.75, 3.05) is 21.2 Å². The molecule has 0 aromatic carbocycles. The quantitative estimate of drug-likeness (QED) is 0.325. The average Bonchev–Trinajstić information content (AvgIpc) is 2.87. The predicted molar refractivity (Wildman–Crippen MR) is 148 cm³/mol.